The highest BCUT2D eigenvalue weighted by Crippen LogP contribution is 2.30. The third-order valence-electron chi connectivity index (χ3n) is 7.08. The number of hydrogen-bond acceptors (Lipinski definition) is 6. The maximum atomic E-state index is 13.4. The number of nitrogens with one attached hydrogen (secondary N) is 1. The van der Waals surface area contributed by atoms with Crippen molar-refractivity contribution in [3.63, 3.8) is 0 Å². The van der Waals surface area contributed by atoms with Gasteiger partial charge in [-0.3, -0.25) is 14.4 Å². The number of halogens is 1. The SMILES string of the molecule is C[C@H]1CN([C@@H](C)CO)C(=O)Cc2cc(NS(=O)(=O)c3ccc(F)cc3)ccc2O[C@@H]1CN(C)Cc1ccccc1. The lowest BCUT2D eigenvalue weighted by atomic mass is 10.0. The second-order valence-electron chi connectivity index (χ2n) is 10.5. The molecule has 0 radical (unpaired) electrons. The van der Waals surface area contributed by atoms with Crippen LogP contribution >= 0.6 is 0 Å². The molecule has 0 fully saturated rings. The molecule has 2 N–H and O–H groups in total. The first-order valence-electron chi connectivity index (χ1n) is 13.3. The van der Waals surface area contributed by atoms with Gasteiger partial charge in [0, 0.05) is 36.8 Å². The number of aliphatic hydroxyl groups is 1. The van der Waals surface area contributed by atoms with Crippen molar-refractivity contribution in [2.45, 2.75) is 43.9 Å². The number of hydrogen-bond donors (Lipinski definition) is 2. The summed E-state index contributed by atoms with van der Waals surface area (Å²) in [7, 11) is -1.96. The average Bonchev–Trinajstić information content (AvgIpc) is 2.96. The van der Waals surface area contributed by atoms with Gasteiger partial charge in [-0.1, -0.05) is 37.3 Å². The maximum Gasteiger partial charge on any atom is 0.261 e. The maximum absolute atomic E-state index is 13.4. The van der Waals surface area contributed by atoms with Crippen molar-refractivity contribution in [1.82, 2.24) is 9.80 Å². The smallest absolute Gasteiger partial charge is 0.261 e. The quantitative estimate of drug-likeness (QED) is 0.406. The predicted octanol–water partition coefficient (Wildman–Crippen LogP) is 3.91. The Morgan fingerprint density at radius 3 is 2.50 bits per heavy atom. The summed E-state index contributed by atoms with van der Waals surface area (Å²) in [5, 5.41) is 9.86. The van der Waals surface area contributed by atoms with Gasteiger partial charge in [0.1, 0.15) is 17.7 Å². The van der Waals surface area contributed by atoms with Crippen LogP contribution in [0.5, 0.6) is 5.75 Å². The Hall–Kier alpha value is -3.47. The van der Waals surface area contributed by atoms with Gasteiger partial charge in [0.2, 0.25) is 5.91 Å². The van der Waals surface area contributed by atoms with Crippen LogP contribution in [0.15, 0.2) is 77.7 Å². The number of carbonyl (C=O) groups is 1. The molecule has 10 heteroatoms. The van der Waals surface area contributed by atoms with Crippen LogP contribution in [-0.2, 0) is 27.8 Å². The van der Waals surface area contributed by atoms with E-state index in [9.17, 15) is 22.7 Å². The van der Waals surface area contributed by atoms with E-state index in [1.54, 1.807) is 30.0 Å². The predicted molar refractivity (Wildman–Crippen MR) is 152 cm³/mol. The average molecular weight is 570 g/mol. The van der Waals surface area contributed by atoms with Gasteiger partial charge in [-0.2, -0.15) is 0 Å². The Labute approximate surface area is 235 Å². The van der Waals surface area contributed by atoms with E-state index in [0.717, 1.165) is 18.7 Å². The lowest BCUT2D eigenvalue weighted by molar-refractivity contribution is -0.134. The summed E-state index contributed by atoms with van der Waals surface area (Å²) in [6.45, 7) is 5.37. The van der Waals surface area contributed by atoms with E-state index in [4.69, 9.17) is 4.74 Å². The molecule has 0 aromatic heterocycles. The number of ether oxygens (including phenoxy) is 1. The van der Waals surface area contributed by atoms with Gasteiger partial charge < -0.3 is 14.7 Å². The van der Waals surface area contributed by atoms with Gasteiger partial charge in [0.05, 0.1) is 24.0 Å². The Morgan fingerprint density at radius 2 is 1.82 bits per heavy atom. The second-order valence-corrected chi connectivity index (χ2v) is 12.1. The zero-order valence-electron chi connectivity index (χ0n) is 23.0. The molecule has 3 aromatic rings. The van der Waals surface area contributed by atoms with Gasteiger partial charge in [-0.15, -0.1) is 0 Å². The zero-order valence-corrected chi connectivity index (χ0v) is 23.8. The van der Waals surface area contributed by atoms with Crippen LogP contribution in [0.25, 0.3) is 0 Å². The molecule has 0 spiro atoms. The Balaban J connectivity index is 1.63. The highest BCUT2D eigenvalue weighted by Gasteiger charge is 2.31. The van der Waals surface area contributed by atoms with Crippen molar-refractivity contribution in [2.24, 2.45) is 5.92 Å². The summed E-state index contributed by atoms with van der Waals surface area (Å²) >= 11 is 0. The first-order chi connectivity index (χ1) is 19.1. The van der Waals surface area contributed by atoms with E-state index in [0.29, 0.717) is 24.4 Å². The molecule has 0 bridgehead atoms. The fourth-order valence-corrected chi connectivity index (χ4v) is 5.86. The van der Waals surface area contributed by atoms with E-state index in [1.807, 2.05) is 32.2 Å². The van der Waals surface area contributed by atoms with Gasteiger partial charge in [0.15, 0.2) is 0 Å². The molecule has 8 nitrogen and oxygen atoms in total. The Kier molecular flexibility index (Phi) is 9.44. The van der Waals surface area contributed by atoms with E-state index in [-0.39, 0.29) is 47.6 Å². The summed E-state index contributed by atoms with van der Waals surface area (Å²) in [5.74, 6) is -0.276. The van der Waals surface area contributed by atoms with Gasteiger partial charge in [-0.05, 0) is 62.0 Å². The van der Waals surface area contributed by atoms with Crippen molar-refractivity contribution in [1.29, 1.82) is 0 Å². The highest BCUT2D eigenvalue weighted by atomic mass is 32.2. The number of likely N-dealkylation sites (N-methyl/N-ethyl adjacent to an activating group) is 1. The minimum Gasteiger partial charge on any atom is -0.488 e. The molecule has 4 rings (SSSR count). The third-order valence-corrected chi connectivity index (χ3v) is 8.48. The minimum atomic E-state index is -3.98. The van der Waals surface area contributed by atoms with Crippen LogP contribution in [0, 0.1) is 11.7 Å². The molecule has 3 aromatic carbocycles. The van der Waals surface area contributed by atoms with Crippen LogP contribution in [-0.4, -0.2) is 68.1 Å². The Morgan fingerprint density at radius 1 is 1.12 bits per heavy atom. The van der Waals surface area contributed by atoms with Crippen LogP contribution in [0.2, 0.25) is 0 Å². The van der Waals surface area contributed by atoms with E-state index >= 15 is 0 Å². The fraction of sp³-hybridized carbons (Fsp3) is 0.367. The lowest BCUT2D eigenvalue weighted by Crippen LogP contribution is -2.47. The molecule has 3 atom stereocenters. The van der Waals surface area contributed by atoms with Crippen molar-refractivity contribution in [3.05, 3.63) is 89.7 Å². The van der Waals surface area contributed by atoms with Gasteiger partial charge in [0.25, 0.3) is 10.0 Å². The Bertz CT molecular complexity index is 1400. The molecule has 1 aliphatic heterocycles. The number of rotatable bonds is 9. The normalized spacial score (nSPS) is 18.8. The third kappa shape index (κ3) is 7.38. The molecule has 1 amide bonds. The summed E-state index contributed by atoms with van der Waals surface area (Å²) in [6, 6.07) is 19.1. The highest BCUT2D eigenvalue weighted by molar-refractivity contribution is 7.92. The van der Waals surface area contributed by atoms with Crippen molar-refractivity contribution in [2.75, 3.05) is 31.5 Å². The van der Waals surface area contributed by atoms with Crippen molar-refractivity contribution < 1.29 is 27.4 Å². The number of amides is 1. The molecule has 214 valence electrons. The number of fused-ring (bicyclic) bond motifs is 1. The lowest BCUT2D eigenvalue weighted by Gasteiger charge is -2.34. The molecule has 0 saturated carbocycles. The first kappa shape index (κ1) is 29.5. The van der Waals surface area contributed by atoms with Crippen LogP contribution in [0.3, 0.4) is 0 Å². The van der Waals surface area contributed by atoms with E-state index in [2.05, 4.69) is 21.8 Å². The molecule has 0 aliphatic carbocycles. The van der Waals surface area contributed by atoms with Crippen LogP contribution < -0.4 is 9.46 Å². The minimum absolute atomic E-state index is 0.0227. The van der Waals surface area contributed by atoms with E-state index < -0.39 is 15.8 Å². The molecular weight excluding hydrogens is 533 g/mol. The van der Waals surface area contributed by atoms with Crippen molar-refractivity contribution >= 4 is 21.6 Å². The van der Waals surface area contributed by atoms with Crippen LogP contribution in [0.4, 0.5) is 10.1 Å². The summed E-state index contributed by atoms with van der Waals surface area (Å²) in [6.07, 6.45) is -0.307. The van der Waals surface area contributed by atoms with Gasteiger partial charge in [-0.25, -0.2) is 12.8 Å². The number of sulfonamides is 1. The molecular formula is C30H36FN3O5S. The second kappa shape index (κ2) is 12.8. The molecule has 1 aliphatic rings. The summed E-state index contributed by atoms with van der Waals surface area (Å²) < 4.78 is 48.1. The topological polar surface area (TPSA) is 99.2 Å². The summed E-state index contributed by atoms with van der Waals surface area (Å²) in [4.78, 5) is 17.2. The molecule has 0 unspecified atom stereocenters. The van der Waals surface area contributed by atoms with E-state index in [1.165, 1.54) is 17.7 Å². The number of benzene rings is 3. The van der Waals surface area contributed by atoms with Gasteiger partial charge >= 0.3 is 0 Å². The standard InChI is InChI=1S/C30H36FN3O5S/c1-21-17-34(22(2)20-35)30(36)16-24-15-26(32-40(37,38)27-12-9-25(31)10-13-27)11-14-28(24)39-29(21)19-33(3)18-23-7-5-4-6-8-23/h4-15,21-22,29,32,35H,16-20H2,1-3H3/t21-,22-,29+/m0/s1. The largest absolute Gasteiger partial charge is 0.488 e. The number of carbonyl (C=O) groups excluding carboxylic acids is 1. The molecule has 1 heterocycles. The summed E-state index contributed by atoms with van der Waals surface area (Å²) in [5.41, 5.74) is 1.96. The van der Waals surface area contributed by atoms with Crippen LogP contribution in [0.1, 0.15) is 25.0 Å². The fourth-order valence-electron chi connectivity index (χ4n) is 4.81. The number of aliphatic hydroxyl groups excluding tert-OH is 1. The molecule has 0 saturated heterocycles. The number of anilines is 1. The monoisotopic (exact) mass is 569 g/mol. The van der Waals surface area contributed by atoms with Crippen molar-refractivity contribution in [3.8, 4) is 5.75 Å². The first-order valence-corrected chi connectivity index (χ1v) is 14.7. The number of nitrogens with zero attached hydrogens (tertiary/aromatic N) is 2. The zero-order chi connectivity index (χ0) is 28.9. The molecule has 40 heavy (non-hydrogen) atoms.